The molecule has 6 heteroatoms. The van der Waals surface area contributed by atoms with Crippen molar-refractivity contribution in [3.8, 4) is 0 Å². The van der Waals surface area contributed by atoms with Gasteiger partial charge in [0.15, 0.2) is 6.10 Å². The molecule has 0 unspecified atom stereocenters. The van der Waals surface area contributed by atoms with E-state index in [0.29, 0.717) is 19.3 Å². The second kappa shape index (κ2) is 50.3. The van der Waals surface area contributed by atoms with E-state index in [4.69, 9.17) is 14.2 Å². The summed E-state index contributed by atoms with van der Waals surface area (Å²) in [6, 6.07) is 0. The van der Waals surface area contributed by atoms with Crippen LogP contribution in [0.25, 0.3) is 0 Å². The predicted molar refractivity (Wildman–Crippen MR) is 279 cm³/mol. The van der Waals surface area contributed by atoms with Crippen molar-refractivity contribution in [1.82, 2.24) is 0 Å². The Labute approximate surface area is 406 Å². The van der Waals surface area contributed by atoms with Crippen LogP contribution >= 0.6 is 0 Å². The molecule has 65 heavy (non-hydrogen) atoms. The fourth-order valence-corrected chi connectivity index (χ4v) is 9.00. The van der Waals surface area contributed by atoms with E-state index >= 15 is 0 Å². The molecule has 0 rings (SSSR count). The molecule has 386 valence electrons. The number of hydrogen-bond donors (Lipinski definition) is 0. The van der Waals surface area contributed by atoms with E-state index in [2.05, 4.69) is 41.5 Å². The fraction of sp³-hybridized carbons (Fsp3) is 0.949. The number of hydrogen-bond acceptors (Lipinski definition) is 6. The van der Waals surface area contributed by atoms with Gasteiger partial charge in [-0.05, 0) is 37.0 Å². The fourth-order valence-electron chi connectivity index (χ4n) is 9.00. The van der Waals surface area contributed by atoms with E-state index in [1.54, 1.807) is 0 Å². The molecule has 0 aromatic carbocycles. The van der Waals surface area contributed by atoms with Crippen LogP contribution in [0, 0.1) is 17.8 Å². The predicted octanol–water partition coefficient (Wildman–Crippen LogP) is 19.1. The van der Waals surface area contributed by atoms with Crippen LogP contribution in [0.5, 0.6) is 0 Å². The highest BCUT2D eigenvalue weighted by Gasteiger charge is 2.19. The Bertz CT molecular complexity index is 1010. The topological polar surface area (TPSA) is 78.9 Å². The van der Waals surface area contributed by atoms with Crippen molar-refractivity contribution in [3.63, 3.8) is 0 Å². The minimum Gasteiger partial charge on any atom is -0.462 e. The largest absolute Gasteiger partial charge is 0.462 e. The summed E-state index contributed by atoms with van der Waals surface area (Å²) in [6.07, 6.45) is 52.3. The van der Waals surface area contributed by atoms with Gasteiger partial charge >= 0.3 is 17.9 Å². The molecule has 0 bridgehead atoms. The molecule has 0 aromatic rings. The zero-order valence-electron chi connectivity index (χ0n) is 44.8. The SMILES string of the molecule is CC(C)CCCCCCCCCCCCCCCCC(=O)OC[C@H](COC(=O)CCCCCCCCCCCCCC(C)C)OC(=O)CCCCCCCCCCCCCCCC(C)C. The first-order valence-electron chi connectivity index (χ1n) is 29.1. The molecule has 6 nitrogen and oxygen atoms in total. The molecule has 0 saturated heterocycles. The highest BCUT2D eigenvalue weighted by atomic mass is 16.6. The van der Waals surface area contributed by atoms with Crippen molar-refractivity contribution in [2.45, 2.75) is 330 Å². The Morgan fingerprint density at radius 3 is 0.662 bits per heavy atom. The van der Waals surface area contributed by atoms with E-state index in [-0.39, 0.29) is 31.1 Å². The van der Waals surface area contributed by atoms with Gasteiger partial charge in [-0.25, -0.2) is 0 Å². The van der Waals surface area contributed by atoms with Gasteiger partial charge in [0.25, 0.3) is 0 Å². The van der Waals surface area contributed by atoms with Crippen molar-refractivity contribution in [1.29, 1.82) is 0 Å². The number of unbranched alkanes of at least 4 members (excludes halogenated alkanes) is 35. The third-order valence-electron chi connectivity index (χ3n) is 13.4. The van der Waals surface area contributed by atoms with Gasteiger partial charge < -0.3 is 14.2 Å². The quantitative estimate of drug-likeness (QED) is 0.0344. The van der Waals surface area contributed by atoms with Gasteiger partial charge in [-0.3, -0.25) is 14.4 Å². The second-order valence-electron chi connectivity index (χ2n) is 21.7. The summed E-state index contributed by atoms with van der Waals surface area (Å²) in [5, 5.41) is 0. The summed E-state index contributed by atoms with van der Waals surface area (Å²) in [6.45, 7) is 13.8. The smallest absolute Gasteiger partial charge is 0.306 e. The molecule has 0 N–H and O–H groups in total. The number of rotatable bonds is 52. The lowest BCUT2D eigenvalue weighted by Crippen LogP contribution is -2.30. The van der Waals surface area contributed by atoms with Crippen molar-refractivity contribution in [3.05, 3.63) is 0 Å². The van der Waals surface area contributed by atoms with Crippen LogP contribution in [-0.4, -0.2) is 37.2 Å². The number of carbonyl (C=O) groups is 3. The molecule has 0 aliphatic carbocycles. The highest BCUT2D eigenvalue weighted by Crippen LogP contribution is 2.18. The standard InChI is InChI=1S/C59H114O6/c1-53(2)45-39-33-27-21-15-10-7-8-12-18-24-30-36-42-48-57(60)63-51-56(52-64-58(61)49-43-37-31-25-20-14-17-23-29-35-41-47-55(5)6)65-59(62)50-44-38-32-26-19-13-9-11-16-22-28-34-40-46-54(3)4/h53-56H,7-52H2,1-6H3/t56-/m1/s1. The average Bonchev–Trinajstić information content (AvgIpc) is 3.26. The summed E-state index contributed by atoms with van der Waals surface area (Å²) >= 11 is 0. The second-order valence-corrected chi connectivity index (χ2v) is 21.7. The molecule has 0 radical (unpaired) electrons. The molecule has 0 fully saturated rings. The summed E-state index contributed by atoms with van der Waals surface area (Å²) in [4.78, 5) is 38.2. The summed E-state index contributed by atoms with van der Waals surface area (Å²) in [5.41, 5.74) is 0. The molecule has 0 aromatic heterocycles. The number of ether oxygens (including phenoxy) is 3. The molecule has 0 spiro atoms. The Hall–Kier alpha value is -1.59. The van der Waals surface area contributed by atoms with Crippen LogP contribution < -0.4 is 0 Å². The van der Waals surface area contributed by atoms with Crippen LogP contribution in [0.2, 0.25) is 0 Å². The first kappa shape index (κ1) is 63.4. The number of carbonyl (C=O) groups excluding carboxylic acids is 3. The van der Waals surface area contributed by atoms with Gasteiger partial charge in [0.2, 0.25) is 0 Å². The van der Waals surface area contributed by atoms with E-state index in [1.165, 1.54) is 205 Å². The Balaban J connectivity index is 4.30. The summed E-state index contributed by atoms with van der Waals surface area (Å²) < 4.78 is 16.9. The monoisotopic (exact) mass is 919 g/mol. The Kier molecular flexibility index (Phi) is 49.1. The van der Waals surface area contributed by atoms with Crippen molar-refractivity contribution in [2.24, 2.45) is 17.8 Å². The van der Waals surface area contributed by atoms with Crippen LogP contribution in [0.15, 0.2) is 0 Å². The highest BCUT2D eigenvalue weighted by molar-refractivity contribution is 5.71. The summed E-state index contributed by atoms with van der Waals surface area (Å²) in [7, 11) is 0. The van der Waals surface area contributed by atoms with Gasteiger partial charge in [-0.15, -0.1) is 0 Å². The Morgan fingerprint density at radius 1 is 0.262 bits per heavy atom. The van der Waals surface area contributed by atoms with E-state index < -0.39 is 6.10 Å². The van der Waals surface area contributed by atoms with Crippen molar-refractivity contribution in [2.75, 3.05) is 13.2 Å². The van der Waals surface area contributed by atoms with Crippen LogP contribution in [0.1, 0.15) is 324 Å². The van der Waals surface area contributed by atoms with Gasteiger partial charge in [-0.1, -0.05) is 286 Å². The average molecular weight is 920 g/mol. The molecule has 1 atom stereocenters. The van der Waals surface area contributed by atoms with E-state index in [1.807, 2.05) is 0 Å². The van der Waals surface area contributed by atoms with Gasteiger partial charge in [0, 0.05) is 19.3 Å². The van der Waals surface area contributed by atoms with Gasteiger partial charge in [0.05, 0.1) is 0 Å². The third kappa shape index (κ3) is 53.2. The van der Waals surface area contributed by atoms with Crippen molar-refractivity contribution < 1.29 is 28.6 Å². The first-order chi connectivity index (χ1) is 31.6. The molecular formula is C59H114O6. The van der Waals surface area contributed by atoms with Crippen LogP contribution in [0.3, 0.4) is 0 Å². The molecular weight excluding hydrogens is 805 g/mol. The maximum atomic E-state index is 12.9. The van der Waals surface area contributed by atoms with Crippen LogP contribution in [0.4, 0.5) is 0 Å². The number of esters is 3. The Morgan fingerprint density at radius 2 is 0.446 bits per heavy atom. The molecule has 0 amide bonds. The molecule has 0 aliphatic heterocycles. The van der Waals surface area contributed by atoms with Crippen LogP contribution in [-0.2, 0) is 28.6 Å². The minimum absolute atomic E-state index is 0.0634. The zero-order valence-corrected chi connectivity index (χ0v) is 44.8. The van der Waals surface area contributed by atoms with Crippen molar-refractivity contribution >= 4 is 17.9 Å². The molecule has 0 saturated carbocycles. The maximum Gasteiger partial charge on any atom is 0.306 e. The lowest BCUT2D eigenvalue weighted by molar-refractivity contribution is -0.167. The van der Waals surface area contributed by atoms with E-state index in [9.17, 15) is 14.4 Å². The summed E-state index contributed by atoms with van der Waals surface area (Å²) in [5.74, 6) is 1.67. The lowest BCUT2D eigenvalue weighted by atomic mass is 10.0. The molecule has 0 aliphatic rings. The van der Waals surface area contributed by atoms with E-state index in [0.717, 1.165) is 75.5 Å². The normalized spacial score (nSPS) is 12.1. The maximum absolute atomic E-state index is 12.9. The minimum atomic E-state index is -0.764. The molecule has 0 heterocycles. The van der Waals surface area contributed by atoms with Gasteiger partial charge in [-0.2, -0.15) is 0 Å². The third-order valence-corrected chi connectivity index (χ3v) is 13.4. The lowest BCUT2D eigenvalue weighted by Gasteiger charge is -2.18. The first-order valence-corrected chi connectivity index (χ1v) is 29.1. The zero-order chi connectivity index (χ0) is 47.7. The van der Waals surface area contributed by atoms with Gasteiger partial charge in [0.1, 0.15) is 13.2 Å².